The molecule has 156 valence electrons. The van der Waals surface area contributed by atoms with Crippen LogP contribution < -0.4 is 4.74 Å². The summed E-state index contributed by atoms with van der Waals surface area (Å²) in [5, 5.41) is 1.07. The van der Waals surface area contributed by atoms with E-state index in [1.165, 1.54) is 0 Å². The molecule has 3 heterocycles. The van der Waals surface area contributed by atoms with E-state index in [4.69, 9.17) is 9.47 Å². The first-order valence-electron chi connectivity index (χ1n) is 10.1. The number of benzene rings is 1. The molecule has 0 amide bonds. The molecule has 7 nitrogen and oxygen atoms in total. The van der Waals surface area contributed by atoms with Crippen LogP contribution in [0.1, 0.15) is 6.42 Å². The Morgan fingerprint density at radius 3 is 2.57 bits per heavy atom. The summed E-state index contributed by atoms with van der Waals surface area (Å²) in [6.45, 7) is 3.04. The molecule has 0 aliphatic heterocycles. The number of hydrogen-bond acceptors (Lipinski definition) is 6. The van der Waals surface area contributed by atoms with Crippen molar-refractivity contribution in [2.45, 2.75) is 13.0 Å². The topological polar surface area (TPSA) is 65.3 Å². The Labute approximate surface area is 176 Å². The molecule has 0 aliphatic carbocycles. The maximum atomic E-state index is 5.75. The molecule has 0 N–H and O–H groups in total. The molecule has 4 rings (SSSR count). The summed E-state index contributed by atoms with van der Waals surface area (Å²) in [4.78, 5) is 15.7. The maximum absolute atomic E-state index is 5.75. The lowest BCUT2D eigenvalue weighted by Gasteiger charge is -2.10. The average Bonchev–Trinajstić information content (AvgIpc) is 3.19. The normalized spacial score (nSPS) is 11.6. The van der Waals surface area contributed by atoms with Gasteiger partial charge in [-0.05, 0) is 44.3 Å². The van der Waals surface area contributed by atoms with E-state index in [9.17, 15) is 0 Å². The highest BCUT2D eigenvalue weighted by atomic mass is 16.5. The molecule has 0 spiro atoms. The second-order valence-electron chi connectivity index (χ2n) is 7.55. The Balaban J connectivity index is 1.59. The van der Waals surface area contributed by atoms with Gasteiger partial charge in [-0.3, -0.25) is 4.98 Å². The fourth-order valence-corrected chi connectivity index (χ4v) is 3.49. The van der Waals surface area contributed by atoms with E-state index in [-0.39, 0.29) is 0 Å². The van der Waals surface area contributed by atoms with Crippen LogP contribution in [-0.2, 0) is 11.3 Å². The zero-order valence-corrected chi connectivity index (χ0v) is 17.7. The molecule has 0 radical (unpaired) electrons. The van der Waals surface area contributed by atoms with Crippen LogP contribution in [0.5, 0.6) is 5.88 Å². The van der Waals surface area contributed by atoms with Gasteiger partial charge in [0, 0.05) is 43.4 Å². The second kappa shape index (κ2) is 9.19. The van der Waals surface area contributed by atoms with Gasteiger partial charge in [0.05, 0.1) is 36.8 Å². The number of nitrogens with zero attached hydrogens (tertiary/aromatic N) is 5. The number of fused-ring (bicyclic) bond motifs is 3. The summed E-state index contributed by atoms with van der Waals surface area (Å²) < 4.78 is 13.1. The first-order valence-corrected chi connectivity index (χ1v) is 10.1. The standard InChI is InChI=1S/C23H27N5O2/c1-27(2)9-4-11-30-22-8-6-18(14-25-22)17-5-7-20-19(13-17)23-21(15-24-20)26-16-28(23)10-12-29-3/h5-8,13-16H,4,9-12H2,1-3H3. The van der Waals surface area contributed by atoms with E-state index in [1.54, 1.807) is 7.11 Å². The number of pyridine rings is 2. The van der Waals surface area contributed by atoms with Gasteiger partial charge in [-0.25, -0.2) is 9.97 Å². The molecule has 0 unspecified atom stereocenters. The molecule has 4 aromatic rings. The number of imidazole rings is 1. The van der Waals surface area contributed by atoms with E-state index in [0.717, 1.165) is 52.6 Å². The summed E-state index contributed by atoms with van der Waals surface area (Å²) >= 11 is 0. The molecule has 1 aromatic carbocycles. The monoisotopic (exact) mass is 405 g/mol. The van der Waals surface area contributed by atoms with Crippen LogP contribution in [-0.4, -0.2) is 65.4 Å². The van der Waals surface area contributed by atoms with Crippen LogP contribution in [0.3, 0.4) is 0 Å². The highest BCUT2D eigenvalue weighted by Gasteiger charge is 2.10. The summed E-state index contributed by atoms with van der Waals surface area (Å²) in [5.41, 5.74) is 5.03. The Morgan fingerprint density at radius 1 is 0.933 bits per heavy atom. The Bertz CT molecular complexity index is 1120. The molecule has 3 aromatic heterocycles. The van der Waals surface area contributed by atoms with Crippen molar-refractivity contribution >= 4 is 21.9 Å². The summed E-state index contributed by atoms with van der Waals surface area (Å²) in [7, 11) is 5.83. The zero-order valence-electron chi connectivity index (χ0n) is 17.7. The van der Waals surface area contributed by atoms with E-state index < -0.39 is 0 Å². The quantitative estimate of drug-likeness (QED) is 0.396. The molecule has 30 heavy (non-hydrogen) atoms. The van der Waals surface area contributed by atoms with Gasteiger partial charge < -0.3 is 18.9 Å². The van der Waals surface area contributed by atoms with E-state index in [2.05, 4.69) is 50.6 Å². The van der Waals surface area contributed by atoms with Gasteiger partial charge >= 0.3 is 0 Å². The second-order valence-corrected chi connectivity index (χ2v) is 7.55. The number of aromatic nitrogens is 4. The molecular weight excluding hydrogens is 378 g/mol. The first kappa shape index (κ1) is 20.3. The third-order valence-corrected chi connectivity index (χ3v) is 5.05. The Morgan fingerprint density at radius 2 is 1.80 bits per heavy atom. The lowest BCUT2D eigenvalue weighted by molar-refractivity contribution is 0.188. The van der Waals surface area contributed by atoms with Gasteiger partial charge in [-0.2, -0.15) is 0 Å². The van der Waals surface area contributed by atoms with Gasteiger partial charge in [-0.15, -0.1) is 0 Å². The van der Waals surface area contributed by atoms with Crippen LogP contribution in [0.15, 0.2) is 49.1 Å². The minimum absolute atomic E-state index is 0.634. The number of methoxy groups -OCH3 is 1. The third-order valence-electron chi connectivity index (χ3n) is 5.05. The largest absolute Gasteiger partial charge is 0.478 e. The third kappa shape index (κ3) is 4.42. The zero-order chi connectivity index (χ0) is 20.9. The summed E-state index contributed by atoms with van der Waals surface area (Å²) in [6.07, 6.45) is 6.51. The predicted octanol–water partition coefficient (Wildman–Crippen LogP) is 3.62. The van der Waals surface area contributed by atoms with Crippen LogP contribution in [0.4, 0.5) is 0 Å². The molecule has 0 saturated carbocycles. The highest BCUT2D eigenvalue weighted by Crippen LogP contribution is 2.28. The van der Waals surface area contributed by atoms with E-state index >= 15 is 0 Å². The molecular formula is C23H27N5O2. The number of rotatable bonds is 9. The predicted molar refractivity (Wildman–Crippen MR) is 119 cm³/mol. The summed E-state index contributed by atoms with van der Waals surface area (Å²) in [5.74, 6) is 0.653. The molecule has 0 bridgehead atoms. The van der Waals surface area contributed by atoms with Crippen LogP contribution in [0, 0.1) is 0 Å². The van der Waals surface area contributed by atoms with Gasteiger partial charge in [-0.1, -0.05) is 6.07 Å². The smallest absolute Gasteiger partial charge is 0.213 e. The van der Waals surface area contributed by atoms with Gasteiger partial charge in [0.1, 0.15) is 5.52 Å². The van der Waals surface area contributed by atoms with Crippen molar-refractivity contribution in [3.05, 3.63) is 49.1 Å². The van der Waals surface area contributed by atoms with E-state index in [0.29, 0.717) is 19.1 Å². The van der Waals surface area contributed by atoms with Gasteiger partial charge in [0.2, 0.25) is 5.88 Å². The van der Waals surface area contributed by atoms with Crippen LogP contribution in [0.25, 0.3) is 33.1 Å². The molecule has 0 atom stereocenters. The maximum Gasteiger partial charge on any atom is 0.213 e. The van der Waals surface area contributed by atoms with Crippen LogP contribution in [0.2, 0.25) is 0 Å². The fourth-order valence-electron chi connectivity index (χ4n) is 3.49. The van der Waals surface area contributed by atoms with Crippen LogP contribution >= 0.6 is 0 Å². The Kier molecular flexibility index (Phi) is 6.21. The molecule has 0 aliphatic rings. The lowest BCUT2D eigenvalue weighted by Crippen LogP contribution is -2.15. The van der Waals surface area contributed by atoms with Crippen molar-refractivity contribution in [3.8, 4) is 17.0 Å². The first-order chi connectivity index (χ1) is 14.7. The Hall–Kier alpha value is -3.03. The van der Waals surface area contributed by atoms with Crippen molar-refractivity contribution in [2.75, 3.05) is 41.0 Å². The molecule has 0 saturated heterocycles. The number of hydrogen-bond donors (Lipinski definition) is 0. The van der Waals surface area contributed by atoms with Crippen molar-refractivity contribution < 1.29 is 9.47 Å². The number of ether oxygens (including phenoxy) is 2. The molecule has 7 heteroatoms. The van der Waals surface area contributed by atoms with E-state index in [1.807, 2.05) is 36.9 Å². The lowest BCUT2D eigenvalue weighted by atomic mass is 10.0. The average molecular weight is 406 g/mol. The minimum atomic E-state index is 0.634. The molecule has 0 fully saturated rings. The fraction of sp³-hybridized carbons (Fsp3) is 0.348. The highest BCUT2D eigenvalue weighted by molar-refractivity contribution is 6.03. The SMILES string of the molecule is COCCn1cnc2cnc3ccc(-c4ccc(OCCCN(C)C)nc4)cc3c21. The van der Waals surface area contributed by atoms with Crippen molar-refractivity contribution in [2.24, 2.45) is 0 Å². The van der Waals surface area contributed by atoms with Crippen molar-refractivity contribution in [3.63, 3.8) is 0 Å². The summed E-state index contributed by atoms with van der Waals surface area (Å²) in [6, 6.07) is 10.3. The van der Waals surface area contributed by atoms with Crippen molar-refractivity contribution in [1.82, 2.24) is 24.4 Å². The van der Waals surface area contributed by atoms with Gasteiger partial charge in [0.15, 0.2) is 0 Å². The minimum Gasteiger partial charge on any atom is -0.478 e. The van der Waals surface area contributed by atoms with Gasteiger partial charge in [0.25, 0.3) is 0 Å². The van der Waals surface area contributed by atoms with Crippen molar-refractivity contribution in [1.29, 1.82) is 0 Å².